The SMILES string of the molecule is CC(C)(C)[C@@H]1CNC(=O)[C@@H]1C(=O)Nc1cc(=O)n(-c2ccccc2)[nH]1. The van der Waals surface area contributed by atoms with E-state index < -0.39 is 11.8 Å². The Kier molecular flexibility index (Phi) is 4.24. The van der Waals surface area contributed by atoms with Crippen LogP contribution in [0.3, 0.4) is 0 Å². The number of benzene rings is 1. The summed E-state index contributed by atoms with van der Waals surface area (Å²) in [6, 6.07) is 10.4. The van der Waals surface area contributed by atoms with E-state index in [0.717, 1.165) is 0 Å². The highest BCUT2D eigenvalue weighted by Crippen LogP contribution is 2.35. The average molecular weight is 342 g/mol. The van der Waals surface area contributed by atoms with Gasteiger partial charge in [-0.25, -0.2) is 4.68 Å². The van der Waals surface area contributed by atoms with E-state index in [4.69, 9.17) is 0 Å². The standard InChI is InChI=1S/C18H22N4O3/c1-18(2,3)12-10-19-16(24)15(12)17(25)20-13-9-14(23)22(21-13)11-7-5-4-6-8-11/h4-9,12,15,21H,10H2,1-3H3,(H,19,24)(H,20,25)/t12-,15-/m1/s1. The minimum atomic E-state index is -0.774. The molecule has 7 heteroatoms. The second-order valence-corrected chi connectivity index (χ2v) is 7.36. The van der Waals surface area contributed by atoms with Crippen LogP contribution in [0.1, 0.15) is 20.8 Å². The molecule has 0 unspecified atom stereocenters. The van der Waals surface area contributed by atoms with Crippen LogP contribution in [0.15, 0.2) is 41.2 Å². The molecule has 25 heavy (non-hydrogen) atoms. The van der Waals surface area contributed by atoms with E-state index in [1.54, 1.807) is 12.1 Å². The first kappa shape index (κ1) is 17.0. The first-order valence-electron chi connectivity index (χ1n) is 8.23. The maximum absolute atomic E-state index is 12.6. The number of hydrogen-bond acceptors (Lipinski definition) is 3. The molecule has 1 aliphatic heterocycles. The van der Waals surface area contributed by atoms with Crippen molar-refractivity contribution in [1.82, 2.24) is 15.1 Å². The summed E-state index contributed by atoms with van der Waals surface area (Å²) in [5, 5.41) is 8.29. The summed E-state index contributed by atoms with van der Waals surface area (Å²) >= 11 is 0. The maximum atomic E-state index is 12.6. The molecule has 0 saturated carbocycles. The summed E-state index contributed by atoms with van der Waals surface area (Å²) in [6.45, 7) is 6.49. The summed E-state index contributed by atoms with van der Waals surface area (Å²) in [7, 11) is 0. The Bertz CT molecular complexity index is 845. The number of carbonyl (C=O) groups excluding carboxylic acids is 2. The molecule has 1 aromatic carbocycles. The Morgan fingerprint density at radius 3 is 2.52 bits per heavy atom. The molecule has 2 heterocycles. The predicted molar refractivity (Wildman–Crippen MR) is 94.5 cm³/mol. The van der Waals surface area contributed by atoms with Gasteiger partial charge in [0.2, 0.25) is 11.8 Å². The van der Waals surface area contributed by atoms with Crippen molar-refractivity contribution < 1.29 is 9.59 Å². The molecule has 2 atom stereocenters. The quantitative estimate of drug-likeness (QED) is 0.738. The average Bonchev–Trinajstić information content (AvgIpc) is 3.10. The number of aromatic amines is 1. The van der Waals surface area contributed by atoms with Crippen molar-refractivity contribution in [3.05, 3.63) is 46.8 Å². The smallest absolute Gasteiger partial charge is 0.273 e. The van der Waals surface area contributed by atoms with Crippen LogP contribution in [0.4, 0.5) is 5.82 Å². The summed E-state index contributed by atoms with van der Waals surface area (Å²) in [5.74, 6) is -1.30. The van der Waals surface area contributed by atoms with E-state index in [0.29, 0.717) is 12.2 Å². The molecule has 2 amide bonds. The number of carbonyl (C=O) groups is 2. The van der Waals surface area contributed by atoms with Gasteiger partial charge in [0.1, 0.15) is 11.7 Å². The van der Waals surface area contributed by atoms with E-state index in [2.05, 4.69) is 15.7 Å². The molecule has 0 aliphatic carbocycles. The van der Waals surface area contributed by atoms with Crippen LogP contribution >= 0.6 is 0 Å². The topological polar surface area (TPSA) is 96.0 Å². The van der Waals surface area contributed by atoms with Crippen molar-refractivity contribution in [2.45, 2.75) is 20.8 Å². The van der Waals surface area contributed by atoms with Gasteiger partial charge in [0, 0.05) is 18.5 Å². The van der Waals surface area contributed by atoms with Gasteiger partial charge in [0.05, 0.1) is 5.69 Å². The number of anilines is 1. The lowest BCUT2D eigenvalue weighted by Crippen LogP contribution is -2.37. The second kappa shape index (κ2) is 6.23. The minimum absolute atomic E-state index is 0.108. The highest BCUT2D eigenvalue weighted by molar-refractivity contribution is 6.07. The molecule has 7 nitrogen and oxygen atoms in total. The monoisotopic (exact) mass is 342 g/mol. The largest absolute Gasteiger partial charge is 0.355 e. The van der Waals surface area contributed by atoms with Crippen LogP contribution < -0.4 is 16.2 Å². The van der Waals surface area contributed by atoms with Gasteiger partial charge < -0.3 is 10.6 Å². The zero-order valence-corrected chi connectivity index (χ0v) is 14.5. The molecule has 0 bridgehead atoms. The van der Waals surface area contributed by atoms with Crippen LogP contribution in [0.5, 0.6) is 0 Å². The molecule has 2 aromatic rings. The Labute approximate surface area is 145 Å². The van der Waals surface area contributed by atoms with Crippen LogP contribution in [0.25, 0.3) is 5.69 Å². The first-order valence-corrected chi connectivity index (χ1v) is 8.23. The zero-order chi connectivity index (χ0) is 18.2. The Balaban J connectivity index is 1.82. The molecule has 3 N–H and O–H groups in total. The van der Waals surface area contributed by atoms with Crippen molar-refractivity contribution >= 4 is 17.6 Å². The fraction of sp³-hybridized carbons (Fsp3) is 0.389. The van der Waals surface area contributed by atoms with Gasteiger partial charge in [-0.2, -0.15) is 0 Å². The number of rotatable bonds is 3. The molecule has 1 aromatic heterocycles. The van der Waals surface area contributed by atoms with Crippen molar-refractivity contribution in [3.8, 4) is 5.69 Å². The summed E-state index contributed by atoms with van der Waals surface area (Å²) in [4.78, 5) is 36.9. The lowest BCUT2D eigenvalue weighted by Gasteiger charge is -2.29. The molecule has 3 rings (SSSR count). The van der Waals surface area contributed by atoms with Gasteiger partial charge in [0.25, 0.3) is 5.56 Å². The van der Waals surface area contributed by atoms with Crippen molar-refractivity contribution in [1.29, 1.82) is 0 Å². The van der Waals surface area contributed by atoms with Gasteiger partial charge in [-0.15, -0.1) is 0 Å². The van der Waals surface area contributed by atoms with Crippen molar-refractivity contribution in [2.75, 3.05) is 11.9 Å². The third kappa shape index (κ3) is 3.35. The van der Waals surface area contributed by atoms with Crippen molar-refractivity contribution in [2.24, 2.45) is 17.3 Å². The molecule has 1 aliphatic rings. The van der Waals surface area contributed by atoms with Crippen LogP contribution in [-0.2, 0) is 9.59 Å². The van der Waals surface area contributed by atoms with Crippen LogP contribution in [0, 0.1) is 17.3 Å². The Morgan fingerprint density at radius 2 is 1.88 bits per heavy atom. The van der Waals surface area contributed by atoms with E-state index in [-0.39, 0.29) is 28.6 Å². The highest BCUT2D eigenvalue weighted by atomic mass is 16.2. The molecule has 132 valence electrons. The maximum Gasteiger partial charge on any atom is 0.273 e. The van der Waals surface area contributed by atoms with Crippen molar-refractivity contribution in [3.63, 3.8) is 0 Å². The summed E-state index contributed by atoms with van der Waals surface area (Å²) in [5.41, 5.74) is 0.189. The number of nitrogens with zero attached hydrogens (tertiary/aromatic N) is 1. The summed E-state index contributed by atoms with van der Waals surface area (Å²) < 4.78 is 1.34. The number of aromatic nitrogens is 2. The number of H-pyrrole nitrogens is 1. The van der Waals surface area contributed by atoms with Crippen LogP contribution in [-0.4, -0.2) is 28.1 Å². The Hall–Kier alpha value is -2.83. The second-order valence-electron chi connectivity index (χ2n) is 7.36. The predicted octanol–water partition coefficient (Wildman–Crippen LogP) is 1.51. The van der Waals surface area contributed by atoms with E-state index in [9.17, 15) is 14.4 Å². The fourth-order valence-corrected chi connectivity index (χ4v) is 3.17. The molecular formula is C18H22N4O3. The lowest BCUT2D eigenvalue weighted by atomic mass is 9.74. The van der Waals surface area contributed by atoms with E-state index >= 15 is 0 Å². The van der Waals surface area contributed by atoms with Gasteiger partial charge >= 0.3 is 0 Å². The molecule has 1 saturated heterocycles. The van der Waals surface area contributed by atoms with Gasteiger partial charge in [0.15, 0.2) is 0 Å². The van der Waals surface area contributed by atoms with Gasteiger partial charge in [-0.3, -0.25) is 19.5 Å². The normalized spacial score (nSPS) is 20.4. The molecule has 0 spiro atoms. The number of para-hydroxylation sites is 1. The van der Waals surface area contributed by atoms with Gasteiger partial charge in [-0.05, 0) is 17.5 Å². The summed E-state index contributed by atoms with van der Waals surface area (Å²) in [6.07, 6.45) is 0. The number of nitrogens with one attached hydrogen (secondary N) is 3. The third-order valence-corrected chi connectivity index (χ3v) is 4.57. The number of amides is 2. The zero-order valence-electron chi connectivity index (χ0n) is 14.5. The van der Waals surface area contributed by atoms with Gasteiger partial charge in [-0.1, -0.05) is 39.0 Å². The van der Waals surface area contributed by atoms with E-state index in [1.165, 1.54) is 10.7 Å². The molecule has 1 fully saturated rings. The highest BCUT2D eigenvalue weighted by Gasteiger charge is 2.45. The van der Waals surface area contributed by atoms with E-state index in [1.807, 2.05) is 39.0 Å². The fourth-order valence-electron chi connectivity index (χ4n) is 3.17. The molecular weight excluding hydrogens is 320 g/mol. The molecule has 0 radical (unpaired) electrons. The third-order valence-electron chi connectivity index (χ3n) is 4.57. The lowest BCUT2D eigenvalue weighted by molar-refractivity contribution is -0.132. The first-order chi connectivity index (χ1) is 11.8. The van der Waals surface area contributed by atoms with Crippen LogP contribution in [0.2, 0.25) is 0 Å². The minimum Gasteiger partial charge on any atom is -0.355 e. The Morgan fingerprint density at radius 1 is 1.20 bits per heavy atom. The number of hydrogen-bond donors (Lipinski definition) is 3.